The third kappa shape index (κ3) is 4.26. The highest BCUT2D eigenvalue weighted by Gasteiger charge is 2.22. The Bertz CT molecular complexity index is 1480. The first kappa shape index (κ1) is 22.5. The van der Waals surface area contributed by atoms with Crippen LogP contribution in [0.2, 0.25) is 0 Å². The van der Waals surface area contributed by atoms with Gasteiger partial charge >= 0.3 is 0 Å². The van der Waals surface area contributed by atoms with Crippen molar-refractivity contribution in [3.8, 4) is 28.1 Å². The van der Waals surface area contributed by atoms with Crippen molar-refractivity contribution >= 4 is 38.8 Å². The fourth-order valence-electron chi connectivity index (χ4n) is 4.56. The number of furan rings is 1. The summed E-state index contributed by atoms with van der Waals surface area (Å²) < 4.78 is 24.9. The van der Waals surface area contributed by atoms with E-state index in [2.05, 4.69) is 20.0 Å². The fraction of sp³-hybridized carbons (Fsp3) is 0.320. The lowest BCUT2D eigenvalue weighted by molar-refractivity contribution is 0.230. The molecule has 1 unspecified atom stereocenters. The maximum atomic E-state index is 6.37. The highest BCUT2D eigenvalue weighted by molar-refractivity contribution is 7.18. The third-order valence-electron chi connectivity index (χ3n) is 6.39. The Kier molecular flexibility index (Phi) is 5.76. The molecule has 10 nitrogen and oxygen atoms in total. The van der Waals surface area contributed by atoms with E-state index < -0.39 is 0 Å². The summed E-state index contributed by atoms with van der Waals surface area (Å²) in [6.45, 7) is 2.49. The molecular formula is C25H26N6O4S. The Morgan fingerprint density at radius 2 is 2.11 bits per heavy atom. The average Bonchev–Trinajstić information content (AvgIpc) is 3.60. The topological polar surface area (TPSA) is 113 Å². The number of nitrogen functional groups attached to an aromatic ring is 1. The minimum absolute atomic E-state index is 0.380. The Hall–Kier alpha value is -3.99. The summed E-state index contributed by atoms with van der Waals surface area (Å²) in [6, 6.07) is 9.60. The quantitative estimate of drug-likeness (QED) is 0.341. The molecule has 1 aliphatic heterocycles. The van der Waals surface area contributed by atoms with Crippen molar-refractivity contribution < 1.29 is 18.6 Å². The number of methoxy groups -OCH3 is 2. The summed E-state index contributed by atoms with van der Waals surface area (Å²) in [5.41, 5.74) is 8.21. The van der Waals surface area contributed by atoms with E-state index in [0.717, 1.165) is 47.7 Å². The highest BCUT2D eigenvalue weighted by atomic mass is 32.1. The van der Waals surface area contributed by atoms with Crippen molar-refractivity contribution in [3.63, 3.8) is 0 Å². The number of nitrogens with zero attached hydrogens (tertiary/aromatic N) is 5. The number of aromatic nitrogens is 4. The molecule has 1 aromatic carbocycles. The van der Waals surface area contributed by atoms with Crippen LogP contribution in [0.4, 0.5) is 11.5 Å². The molecule has 0 bridgehead atoms. The zero-order valence-corrected chi connectivity index (χ0v) is 20.8. The first-order valence-electron chi connectivity index (χ1n) is 11.7. The first-order valence-corrected chi connectivity index (χ1v) is 12.5. The molecule has 1 saturated heterocycles. The molecule has 2 N–H and O–H groups in total. The number of imidazole rings is 1. The molecule has 0 radical (unpaired) electrons. The number of benzene rings is 1. The van der Waals surface area contributed by atoms with E-state index in [4.69, 9.17) is 24.4 Å². The van der Waals surface area contributed by atoms with Crippen LogP contribution >= 0.6 is 11.3 Å². The smallest absolute Gasteiger partial charge is 0.294 e. The Morgan fingerprint density at radius 3 is 2.89 bits per heavy atom. The van der Waals surface area contributed by atoms with E-state index in [0.29, 0.717) is 46.3 Å². The van der Waals surface area contributed by atoms with Crippen molar-refractivity contribution in [2.24, 2.45) is 5.92 Å². The van der Waals surface area contributed by atoms with E-state index >= 15 is 0 Å². The molecular weight excluding hydrogens is 480 g/mol. The number of ether oxygens (including phenoxy) is 3. The van der Waals surface area contributed by atoms with Crippen molar-refractivity contribution in [1.29, 1.82) is 0 Å². The minimum atomic E-state index is 0.380. The first-order chi connectivity index (χ1) is 17.6. The maximum absolute atomic E-state index is 6.37. The zero-order valence-electron chi connectivity index (χ0n) is 20.0. The van der Waals surface area contributed by atoms with Gasteiger partial charge in [-0.3, -0.25) is 0 Å². The summed E-state index contributed by atoms with van der Waals surface area (Å²) in [4.78, 5) is 11.9. The second-order valence-corrected chi connectivity index (χ2v) is 9.70. The van der Waals surface area contributed by atoms with Crippen molar-refractivity contribution in [2.45, 2.75) is 12.8 Å². The number of anilines is 2. The van der Waals surface area contributed by atoms with Gasteiger partial charge in [0.25, 0.3) is 5.19 Å². The van der Waals surface area contributed by atoms with Crippen LogP contribution in [0, 0.1) is 5.92 Å². The van der Waals surface area contributed by atoms with E-state index in [1.54, 1.807) is 18.7 Å². The molecule has 0 spiro atoms. The third-order valence-corrected chi connectivity index (χ3v) is 7.27. The second-order valence-electron chi connectivity index (χ2n) is 8.78. The zero-order chi connectivity index (χ0) is 24.6. The number of piperidine rings is 1. The molecule has 5 aromatic rings. The van der Waals surface area contributed by atoms with Gasteiger partial charge in [0.2, 0.25) is 4.96 Å². The van der Waals surface area contributed by atoms with E-state index in [-0.39, 0.29) is 0 Å². The van der Waals surface area contributed by atoms with E-state index in [1.807, 2.05) is 42.7 Å². The number of hydrogen-bond donors (Lipinski definition) is 1. The summed E-state index contributed by atoms with van der Waals surface area (Å²) in [6.07, 6.45) is 5.86. The average molecular weight is 507 g/mol. The molecule has 1 aliphatic rings. The molecule has 186 valence electrons. The van der Waals surface area contributed by atoms with Gasteiger partial charge in [0.05, 0.1) is 44.3 Å². The molecule has 5 heterocycles. The predicted octanol–water partition coefficient (Wildman–Crippen LogP) is 4.49. The maximum Gasteiger partial charge on any atom is 0.294 e. The van der Waals surface area contributed by atoms with Gasteiger partial charge < -0.3 is 29.3 Å². The normalized spacial score (nSPS) is 16.1. The van der Waals surface area contributed by atoms with Gasteiger partial charge in [-0.2, -0.15) is 0 Å². The van der Waals surface area contributed by atoms with Gasteiger partial charge in [0.15, 0.2) is 5.76 Å². The molecule has 1 atom stereocenters. The van der Waals surface area contributed by atoms with Crippen molar-refractivity contribution in [2.75, 3.05) is 44.5 Å². The molecule has 0 saturated carbocycles. The second kappa shape index (κ2) is 9.23. The molecule has 4 aromatic heterocycles. The van der Waals surface area contributed by atoms with Gasteiger partial charge in [0.1, 0.15) is 28.6 Å². The minimum Gasteiger partial charge on any atom is -0.496 e. The number of hydrogen-bond acceptors (Lipinski definition) is 10. The van der Waals surface area contributed by atoms with Crippen LogP contribution in [-0.2, 0) is 0 Å². The lowest BCUT2D eigenvalue weighted by Gasteiger charge is -2.34. The monoisotopic (exact) mass is 506 g/mol. The predicted molar refractivity (Wildman–Crippen MR) is 138 cm³/mol. The fourth-order valence-corrected chi connectivity index (χ4v) is 5.26. The van der Waals surface area contributed by atoms with E-state index in [9.17, 15) is 0 Å². The van der Waals surface area contributed by atoms with Crippen LogP contribution in [0.25, 0.3) is 27.4 Å². The molecule has 0 amide bonds. The van der Waals surface area contributed by atoms with Gasteiger partial charge in [-0.05, 0) is 42.4 Å². The number of nitrogens with two attached hydrogens (primary N) is 1. The molecule has 11 heteroatoms. The standard InChI is InChI=1S/C25H26N6O4S/c1-32-17-8-20(34-14-15-4-3-7-30(12-15)16-5-6-23(26)27-11-16)18-10-22(35-21(18)9-17)19-13-31-24(28-19)36-25(29-31)33-2/h5-6,8-11,13,15H,3-4,7,12,14H2,1-2H3,(H2,26,27). The van der Waals surface area contributed by atoms with Crippen molar-refractivity contribution in [1.82, 2.24) is 19.6 Å². The van der Waals surface area contributed by atoms with Crippen LogP contribution in [0.3, 0.4) is 0 Å². The number of pyridine rings is 1. The molecule has 0 aliphatic carbocycles. The van der Waals surface area contributed by atoms with Crippen LogP contribution in [0.5, 0.6) is 16.7 Å². The van der Waals surface area contributed by atoms with Gasteiger partial charge in [-0.1, -0.05) is 0 Å². The van der Waals surface area contributed by atoms with Crippen LogP contribution in [0.15, 0.2) is 47.1 Å². The van der Waals surface area contributed by atoms with Gasteiger partial charge in [0, 0.05) is 31.1 Å². The Balaban J connectivity index is 1.23. The Morgan fingerprint density at radius 1 is 1.19 bits per heavy atom. The molecule has 36 heavy (non-hydrogen) atoms. The summed E-state index contributed by atoms with van der Waals surface area (Å²) in [5.74, 6) is 2.95. The molecule has 6 rings (SSSR count). The van der Waals surface area contributed by atoms with Crippen LogP contribution in [0.1, 0.15) is 12.8 Å². The van der Waals surface area contributed by atoms with E-state index in [1.165, 1.54) is 11.3 Å². The van der Waals surface area contributed by atoms with Crippen LogP contribution < -0.4 is 24.8 Å². The summed E-state index contributed by atoms with van der Waals surface area (Å²) in [7, 11) is 3.23. The van der Waals surface area contributed by atoms with Gasteiger partial charge in [-0.15, -0.1) is 5.10 Å². The summed E-state index contributed by atoms with van der Waals surface area (Å²) >= 11 is 1.37. The highest BCUT2D eigenvalue weighted by Crippen LogP contribution is 2.38. The summed E-state index contributed by atoms with van der Waals surface area (Å²) in [5, 5.41) is 5.78. The number of rotatable bonds is 7. The molecule has 1 fully saturated rings. The van der Waals surface area contributed by atoms with Crippen LogP contribution in [-0.4, -0.2) is 53.5 Å². The lowest BCUT2D eigenvalue weighted by atomic mass is 9.98. The Labute approximate surface area is 211 Å². The van der Waals surface area contributed by atoms with Gasteiger partial charge in [-0.25, -0.2) is 14.5 Å². The number of fused-ring (bicyclic) bond motifs is 2. The SMILES string of the molecule is COc1cc(OCC2CCCN(c3ccc(N)nc3)C2)c2cc(-c3cn4nc(OC)sc4n3)oc2c1. The van der Waals surface area contributed by atoms with Crippen molar-refractivity contribution in [3.05, 3.63) is 42.7 Å². The lowest BCUT2D eigenvalue weighted by Crippen LogP contribution is -2.37. The largest absolute Gasteiger partial charge is 0.496 e.